The van der Waals surface area contributed by atoms with Gasteiger partial charge in [-0.15, -0.1) is 0 Å². The normalized spacial score (nSPS) is 13.6. The van der Waals surface area contributed by atoms with Crippen LogP contribution in [0.4, 0.5) is 0 Å². The summed E-state index contributed by atoms with van der Waals surface area (Å²) in [5.41, 5.74) is 0.00811. The minimum absolute atomic E-state index is 0.00811. The number of carbonyl (C=O) groups is 3. The second-order valence-electron chi connectivity index (χ2n) is 4.21. The molecule has 114 valence electrons. The lowest BCUT2D eigenvalue weighted by atomic mass is 10.2. The van der Waals surface area contributed by atoms with Gasteiger partial charge in [0.2, 0.25) is 11.7 Å². The first-order valence-corrected chi connectivity index (χ1v) is 5.81. The number of hydrogen-bond donors (Lipinski definition) is 1. The topological polar surface area (TPSA) is 96.4 Å². The van der Waals surface area contributed by atoms with Crippen LogP contribution in [0, 0.1) is 0 Å². The fraction of sp³-hybridized carbons (Fsp3) is 0.583. The van der Waals surface area contributed by atoms with Crippen LogP contribution in [0.3, 0.4) is 0 Å². The van der Waals surface area contributed by atoms with Crippen LogP contribution in [0.25, 0.3) is 0 Å². The first kappa shape index (κ1) is 17.9. The van der Waals surface area contributed by atoms with Crippen molar-refractivity contribution in [2.24, 2.45) is 0 Å². The van der Waals surface area contributed by atoms with E-state index in [0.717, 1.165) is 6.54 Å². The van der Waals surface area contributed by atoms with E-state index in [1.807, 2.05) is 19.0 Å². The highest BCUT2D eigenvalue weighted by molar-refractivity contribution is 6.19. The lowest BCUT2D eigenvalue weighted by Gasteiger charge is -2.22. The Morgan fingerprint density at radius 3 is 2.40 bits per heavy atom. The molecule has 0 radical (unpaired) electrons. The number of Topliss-reactive ketones (excluding diaryl/α,β-unsaturated/α-hetero) is 1. The van der Waals surface area contributed by atoms with Gasteiger partial charge < -0.3 is 24.4 Å². The van der Waals surface area contributed by atoms with Gasteiger partial charge in [0.15, 0.2) is 12.2 Å². The van der Waals surface area contributed by atoms with Gasteiger partial charge in [-0.3, -0.25) is 9.59 Å². The first-order valence-electron chi connectivity index (χ1n) is 5.81. The molecule has 20 heavy (non-hydrogen) atoms. The van der Waals surface area contributed by atoms with Crippen molar-refractivity contribution in [3.05, 3.63) is 11.5 Å². The molecule has 8 heteroatoms. The largest absolute Gasteiger partial charge is 0.483 e. The van der Waals surface area contributed by atoms with Gasteiger partial charge in [-0.1, -0.05) is 0 Å². The average Bonchev–Trinajstić information content (AvgIpc) is 2.78. The molecule has 0 unspecified atom stereocenters. The lowest BCUT2D eigenvalue weighted by Crippen LogP contribution is -2.29. The van der Waals surface area contributed by atoms with Gasteiger partial charge in [-0.2, -0.15) is 0 Å². The molecular weight excluding hydrogens is 268 g/mol. The van der Waals surface area contributed by atoms with Crippen LogP contribution in [0.5, 0.6) is 0 Å². The highest BCUT2D eigenvalue weighted by Gasteiger charge is 2.33. The molecule has 0 aliphatic carbocycles. The van der Waals surface area contributed by atoms with E-state index in [2.05, 4.69) is 4.74 Å². The lowest BCUT2D eigenvalue weighted by molar-refractivity contribution is -0.137. The van der Waals surface area contributed by atoms with Crippen molar-refractivity contribution in [3.63, 3.8) is 0 Å². The number of ether oxygens (including phenoxy) is 2. The van der Waals surface area contributed by atoms with Crippen LogP contribution in [0.15, 0.2) is 11.5 Å². The number of rotatable bonds is 5. The highest BCUT2D eigenvalue weighted by atomic mass is 16.5. The van der Waals surface area contributed by atoms with Crippen molar-refractivity contribution >= 4 is 18.2 Å². The summed E-state index contributed by atoms with van der Waals surface area (Å²) in [5.74, 6) is -0.661. The predicted molar refractivity (Wildman–Crippen MR) is 69.9 cm³/mol. The monoisotopic (exact) mass is 288 g/mol. The van der Waals surface area contributed by atoms with Crippen LogP contribution in [0.2, 0.25) is 0 Å². The van der Waals surface area contributed by atoms with E-state index >= 15 is 0 Å². The molecule has 0 aromatic carbocycles. The summed E-state index contributed by atoms with van der Waals surface area (Å²) >= 11 is 0. The molecule has 0 atom stereocenters. The van der Waals surface area contributed by atoms with Crippen LogP contribution in [-0.2, 0) is 23.9 Å². The molecule has 1 heterocycles. The van der Waals surface area contributed by atoms with Crippen molar-refractivity contribution in [2.75, 3.05) is 47.9 Å². The second-order valence-corrected chi connectivity index (χ2v) is 4.21. The Kier molecular flexibility index (Phi) is 7.98. The summed E-state index contributed by atoms with van der Waals surface area (Å²) in [5, 5.41) is 6.89. The Morgan fingerprint density at radius 1 is 1.40 bits per heavy atom. The van der Waals surface area contributed by atoms with Crippen molar-refractivity contribution in [1.82, 2.24) is 9.80 Å². The zero-order chi connectivity index (χ0) is 15.7. The molecule has 1 aliphatic rings. The van der Waals surface area contributed by atoms with Gasteiger partial charge in [0.25, 0.3) is 6.47 Å². The van der Waals surface area contributed by atoms with Gasteiger partial charge in [0.1, 0.15) is 0 Å². The quantitative estimate of drug-likeness (QED) is 0.397. The standard InChI is InChI=1S/C11H18N2O4.CH2O2/c1-12(2)5-6-13(3)10-9(11(15)16-4)8(14)7-17-10;2-1-3/h5-7H2,1-4H3;1H,(H,2,3). The molecule has 0 bridgehead atoms. The zero-order valence-corrected chi connectivity index (χ0v) is 12.1. The van der Waals surface area contributed by atoms with Gasteiger partial charge in [0, 0.05) is 20.1 Å². The minimum Gasteiger partial charge on any atom is -0.483 e. The molecular formula is C12H20N2O6. The van der Waals surface area contributed by atoms with Crippen molar-refractivity contribution in [1.29, 1.82) is 0 Å². The van der Waals surface area contributed by atoms with Crippen LogP contribution in [0.1, 0.15) is 0 Å². The molecule has 0 spiro atoms. The Hall–Kier alpha value is -2.09. The highest BCUT2D eigenvalue weighted by Crippen LogP contribution is 2.19. The molecule has 0 saturated carbocycles. The maximum absolute atomic E-state index is 11.5. The van der Waals surface area contributed by atoms with Gasteiger partial charge >= 0.3 is 5.97 Å². The molecule has 8 nitrogen and oxygen atoms in total. The van der Waals surface area contributed by atoms with E-state index in [4.69, 9.17) is 14.6 Å². The third kappa shape index (κ3) is 5.27. The summed E-state index contributed by atoms with van der Waals surface area (Å²) in [7, 11) is 6.92. The van der Waals surface area contributed by atoms with Gasteiger partial charge in [-0.25, -0.2) is 4.79 Å². The summed E-state index contributed by atoms with van der Waals surface area (Å²) < 4.78 is 9.81. The molecule has 0 aromatic heterocycles. The number of likely N-dealkylation sites (N-methyl/N-ethyl adjacent to an activating group) is 2. The Bertz CT molecular complexity index is 391. The number of esters is 1. The molecule has 1 aliphatic heterocycles. The van der Waals surface area contributed by atoms with Crippen molar-refractivity contribution in [2.45, 2.75) is 0 Å². The number of carboxylic acid groups (broad SMARTS) is 1. The van der Waals surface area contributed by atoms with E-state index in [1.54, 1.807) is 11.9 Å². The summed E-state index contributed by atoms with van der Waals surface area (Å²) in [6.07, 6.45) is 0. The third-order valence-electron chi connectivity index (χ3n) is 2.45. The predicted octanol–water partition coefficient (Wildman–Crippen LogP) is -0.835. The molecule has 1 N–H and O–H groups in total. The van der Waals surface area contributed by atoms with Gasteiger partial charge in [0.05, 0.1) is 7.11 Å². The maximum atomic E-state index is 11.5. The Balaban J connectivity index is 0.00000110. The Labute approximate surface area is 117 Å². The summed E-state index contributed by atoms with van der Waals surface area (Å²) in [4.78, 5) is 35.1. The molecule has 0 fully saturated rings. The Morgan fingerprint density at radius 2 is 1.95 bits per heavy atom. The summed E-state index contributed by atoms with van der Waals surface area (Å²) in [6, 6.07) is 0. The number of nitrogens with zero attached hydrogens (tertiary/aromatic N) is 2. The minimum atomic E-state index is -0.640. The van der Waals surface area contributed by atoms with Crippen LogP contribution >= 0.6 is 0 Å². The second kappa shape index (κ2) is 8.92. The van der Waals surface area contributed by atoms with E-state index in [-0.39, 0.29) is 24.4 Å². The third-order valence-corrected chi connectivity index (χ3v) is 2.45. The first-order chi connectivity index (χ1) is 9.38. The zero-order valence-electron chi connectivity index (χ0n) is 12.1. The number of methoxy groups -OCH3 is 1. The van der Waals surface area contributed by atoms with Gasteiger partial charge in [-0.05, 0) is 14.1 Å². The molecule has 0 amide bonds. The molecule has 0 aromatic rings. The molecule has 1 rings (SSSR count). The average molecular weight is 288 g/mol. The smallest absolute Gasteiger partial charge is 0.347 e. The summed E-state index contributed by atoms with van der Waals surface area (Å²) in [6.45, 7) is 1.12. The molecule has 0 saturated heterocycles. The maximum Gasteiger partial charge on any atom is 0.347 e. The van der Waals surface area contributed by atoms with Crippen molar-refractivity contribution in [3.8, 4) is 0 Å². The SMILES string of the molecule is COC(=O)C1=C(N(C)CCN(C)C)OCC1=O.O=CO. The van der Waals surface area contributed by atoms with E-state index < -0.39 is 5.97 Å². The van der Waals surface area contributed by atoms with E-state index in [9.17, 15) is 9.59 Å². The van der Waals surface area contributed by atoms with Crippen LogP contribution in [-0.4, -0.2) is 81.1 Å². The number of carbonyl (C=O) groups excluding carboxylic acids is 2. The van der Waals surface area contributed by atoms with Crippen molar-refractivity contribution < 1.29 is 29.0 Å². The van der Waals surface area contributed by atoms with E-state index in [0.29, 0.717) is 12.4 Å². The fourth-order valence-electron chi connectivity index (χ4n) is 1.45. The number of hydrogen-bond acceptors (Lipinski definition) is 7. The number of ketones is 1. The van der Waals surface area contributed by atoms with Crippen LogP contribution < -0.4 is 0 Å². The van der Waals surface area contributed by atoms with E-state index in [1.165, 1.54) is 7.11 Å². The fourth-order valence-corrected chi connectivity index (χ4v) is 1.45.